The van der Waals surface area contributed by atoms with Crippen molar-refractivity contribution in [1.29, 1.82) is 5.26 Å². The van der Waals surface area contributed by atoms with E-state index in [-0.39, 0.29) is 5.69 Å². The summed E-state index contributed by atoms with van der Waals surface area (Å²) in [6, 6.07) is 12.2. The molecule has 1 aromatic heterocycles. The van der Waals surface area contributed by atoms with E-state index < -0.39 is 17.9 Å². The molecule has 6 nitrogen and oxygen atoms in total. The Bertz CT molecular complexity index is 767. The molecule has 2 aromatic rings. The van der Waals surface area contributed by atoms with Gasteiger partial charge in [0.2, 0.25) is 0 Å². The predicted octanol–water partition coefficient (Wildman–Crippen LogP) is 2.59. The number of ether oxygens (including phenoxy) is 1. The number of amides is 1. The van der Waals surface area contributed by atoms with E-state index in [1.807, 2.05) is 30.3 Å². The monoisotopic (exact) mass is 325 g/mol. The number of hydrogen-bond acceptors (Lipinski definition) is 5. The fourth-order valence-corrected chi connectivity index (χ4v) is 2.37. The van der Waals surface area contributed by atoms with Crippen LogP contribution in [0.4, 0.5) is 0 Å². The third-order valence-electron chi connectivity index (χ3n) is 3.65. The Hall–Kier alpha value is -2.94. The van der Waals surface area contributed by atoms with Gasteiger partial charge in [-0.3, -0.25) is 4.79 Å². The Morgan fingerprint density at radius 2 is 2.04 bits per heavy atom. The molecule has 0 aliphatic heterocycles. The van der Waals surface area contributed by atoms with Crippen LogP contribution in [-0.2, 0) is 9.53 Å². The maximum atomic E-state index is 12.4. The Balaban J connectivity index is 2.07. The molecule has 0 saturated carbocycles. The van der Waals surface area contributed by atoms with E-state index >= 15 is 0 Å². The highest BCUT2D eigenvalue weighted by Gasteiger charge is 2.22. The number of fused-ring (bicyclic) bond motifs is 1. The Labute approximate surface area is 140 Å². The SMILES string of the molecule is COC(=O)[C@@H](CCCCC#N)NC(=O)c1ccc2ccccc2n1. The number of aromatic nitrogens is 1. The molecule has 1 aromatic carbocycles. The number of unbranched alkanes of at least 4 members (excludes halogenated alkanes) is 2. The molecule has 124 valence electrons. The van der Waals surface area contributed by atoms with E-state index in [0.717, 1.165) is 5.39 Å². The van der Waals surface area contributed by atoms with Crippen LogP contribution in [-0.4, -0.2) is 30.0 Å². The summed E-state index contributed by atoms with van der Waals surface area (Å²) in [4.78, 5) is 28.5. The van der Waals surface area contributed by atoms with Gasteiger partial charge < -0.3 is 10.1 Å². The van der Waals surface area contributed by atoms with Gasteiger partial charge in [0, 0.05) is 11.8 Å². The Morgan fingerprint density at radius 3 is 2.79 bits per heavy atom. The van der Waals surface area contributed by atoms with Gasteiger partial charge in [0.25, 0.3) is 5.91 Å². The Kier molecular flexibility index (Phi) is 6.26. The van der Waals surface area contributed by atoms with E-state index in [4.69, 9.17) is 10.00 Å². The van der Waals surface area contributed by atoms with Crippen LogP contribution in [0.25, 0.3) is 10.9 Å². The predicted molar refractivity (Wildman–Crippen MR) is 89.1 cm³/mol. The maximum absolute atomic E-state index is 12.4. The summed E-state index contributed by atoms with van der Waals surface area (Å²) in [5.74, 6) is -0.919. The van der Waals surface area contributed by atoms with Crippen LogP contribution in [0.1, 0.15) is 36.2 Å². The minimum atomic E-state index is -0.741. The third-order valence-corrected chi connectivity index (χ3v) is 3.65. The summed E-state index contributed by atoms with van der Waals surface area (Å²) in [5.41, 5.74) is 0.966. The van der Waals surface area contributed by atoms with Gasteiger partial charge in [-0.15, -0.1) is 0 Å². The number of nitrogens with zero attached hydrogens (tertiary/aromatic N) is 2. The van der Waals surface area contributed by atoms with Crippen LogP contribution in [0.2, 0.25) is 0 Å². The lowest BCUT2D eigenvalue weighted by Crippen LogP contribution is -2.41. The van der Waals surface area contributed by atoms with Crippen LogP contribution >= 0.6 is 0 Å². The molecule has 0 aliphatic carbocycles. The van der Waals surface area contributed by atoms with Crippen molar-refractivity contribution in [3.05, 3.63) is 42.1 Å². The molecular weight excluding hydrogens is 306 g/mol. The smallest absolute Gasteiger partial charge is 0.328 e. The molecule has 1 atom stereocenters. The summed E-state index contributed by atoms with van der Waals surface area (Å²) in [6.45, 7) is 0. The lowest BCUT2D eigenvalue weighted by atomic mass is 10.1. The number of pyridine rings is 1. The van der Waals surface area contributed by atoms with E-state index in [1.54, 1.807) is 6.07 Å². The average molecular weight is 325 g/mol. The van der Waals surface area contributed by atoms with Gasteiger partial charge in [-0.05, 0) is 31.4 Å². The molecule has 1 amide bonds. The molecule has 2 rings (SSSR count). The van der Waals surface area contributed by atoms with Crippen LogP contribution in [0.3, 0.4) is 0 Å². The lowest BCUT2D eigenvalue weighted by molar-refractivity contribution is -0.143. The summed E-state index contributed by atoms with van der Waals surface area (Å²) in [5, 5.41) is 12.2. The first-order valence-corrected chi connectivity index (χ1v) is 7.77. The first-order chi connectivity index (χ1) is 11.7. The number of nitriles is 1. The second kappa shape index (κ2) is 8.63. The fourth-order valence-electron chi connectivity index (χ4n) is 2.37. The standard InChI is InChI=1S/C18H19N3O3/c1-24-18(23)16(9-3-2-6-12-19)21-17(22)15-11-10-13-7-4-5-8-14(13)20-15/h4-5,7-8,10-11,16H,2-3,6,9H2,1H3,(H,21,22)/t16-/m1/s1. The molecule has 24 heavy (non-hydrogen) atoms. The third kappa shape index (κ3) is 4.53. The van der Waals surface area contributed by atoms with Gasteiger partial charge in [0.1, 0.15) is 11.7 Å². The highest BCUT2D eigenvalue weighted by Crippen LogP contribution is 2.12. The van der Waals surface area contributed by atoms with E-state index in [1.165, 1.54) is 7.11 Å². The molecule has 1 N–H and O–H groups in total. The number of benzene rings is 1. The van der Waals surface area contributed by atoms with E-state index in [9.17, 15) is 9.59 Å². The molecule has 0 saturated heterocycles. The number of methoxy groups -OCH3 is 1. The lowest BCUT2D eigenvalue weighted by Gasteiger charge is -2.16. The number of carbonyl (C=O) groups is 2. The quantitative estimate of drug-likeness (QED) is 0.624. The molecule has 0 fully saturated rings. The zero-order chi connectivity index (χ0) is 17.4. The first kappa shape index (κ1) is 17.4. The van der Waals surface area contributed by atoms with Gasteiger partial charge in [-0.2, -0.15) is 5.26 Å². The number of nitrogens with one attached hydrogen (secondary N) is 1. The molecule has 6 heteroatoms. The summed E-state index contributed by atoms with van der Waals surface area (Å²) in [7, 11) is 1.28. The minimum absolute atomic E-state index is 0.250. The number of para-hydroxylation sites is 1. The van der Waals surface area contributed by atoms with Crippen molar-refractivity contribution in [2.45, 2.75) is 31.7 Å². The highest BCUT2D eigenvalue weighted by molar-refractivity contribution is 5.97. The van der Waals surface area contributed by atoms with Crippen LogP contribution in [0.15, 0.2) is 36.4 Å². The van der Waals surface area contributed by atoms with Crippen molar-refractivity contribution in [1.82, 2.24) is 10.3 Å². The normalized spacial score (nSPS) is 11.5. The van der Waals surface area contributed by atoms with Crippen molar-refractivity contribution in [2.75, 3.05) is 7.11 Å². The van der Waals surface area contributed by atoms with Gasteiger partial charge in [0.05, 0.1) is 18.7 Å². The summed E-state index contributed by atoms with van der Waals surface area (Å²) < 4.78 is 4.74. The second-order valence-corrected chi connectivity index (χ2v) is 5.34. The molecule has 0 aliphatic rings. The number of hydrogen-bond donors (Lipinski definition) is 1. The van der Waals surface area contributed by atoms with Crippen molar-refractivity contribution in [3.8, 4) is 6.07 Å². The zero-order valence-corrected chi connectivity index (χ0v) is 13.5. The summed E-state index contributed by atoms with van der Waals surface area (Å²) in [6.07, 6.45) is 2.18. The second-order valence-electron chi connectivity index (χ2n) is 5.34. The first-order valence-electron chi connectivity index (χ1n) is 7.77. The molecular formula is C18H19N3O3. The molecule has 0 unspecified atom stereocenters. The topological polar surface area (TPSA) is 92.1 Å². The van der Waals surface area contributed by atoms with Crippen LogP contribution in [0, 0.1) is 11.3 Å². The average Bonchev–Trinajstić information content (AvgIpc) is 2.63. The van der Waals surface area contributed by atoms with Crippen molar-refractivity contribution in [3.63, 3.8) is 0 Å². The molecule has 1 heterocycles. The van der Waals surface area contributed by atoms with Crippen LogP contribution in [0.5, 0.6) is 0 Å². The van der Waals surface area contributed by atoms with E-state index in [0.29, 0.717) is 31.2 Å². The van der Waals surface area contributed by atoms with Gasteiger partial charge in [0.15, 0.2) is 0 Å². The van der Waals surface area contributed by atoms with E-state index in [2.05, 4.69) is 16.4 Å². The fraction of sp³-hybridized carbons (Fsp3) is 0.333. The highest BCUT2D eigenvalue weighted by atomic mass is 16.5. The maximum Gasteiger partial charge on any atom is 0.328 e. The van der Waals surface area contributed by atoms with Gasteiger partial charge in [-0.25, -0.2) is 9.78 Å². The van der Waals surface area contributed by atoms with Crippen molar-refractivity contribution < 1.29 is 14.3 Å². The van der Waals surface area contributed by atoms with Gasteiger partial charge in [-0.1, -0.05) is 24.3 Å². The van der Waals surface area contributed by atoms with Gasteiger partial charge >= 0.3 is 5.97 Å². The largest absolute Gasteiger partial charge is 0.467 e. The van der Waals surface area contributed by atoms with Crippen LogP contribution < -0.4 is 5.32 Å². The number of carbonyl (C=O) groups excluding carboxylic acids is 2. The molecule has 0 bridgehead atoms. The minimum Gasteiger partial charge on any atom is -0.467 e. The zero-order valence-electron chi connectivity index (χ0n) is 13.5. The van der Waals surface area contributed by atoms with Crippen molar-refractivity contribution in [2.24, 2.45) is 0 Å². The Morgan fingerprint density at radius 1 is 1.25 bits per heavy atom. The number of esters is 1. The molecule has 0 radical (unpaired) electrons. The molecule has 0 spiro atoms. The number of rotatable bonds is 7. The summed E-state index contributed by atoms with van der Waals surface area (Å²) >= 11 is 0. The van der Waals surface area contributed by atoms with Crippen molar-refractivity contribution >= 4 is 22.8 Å².